The minimum Gasteiger partial charge on any atom is -0.489 e. The first-order valence-electron chi connectivity index (χ1n) is 8.49. The first-order chi connectivity index (χ1) is 11.8. The molecule has 0 saturated carbocycles. The van der Waals surface area contributed by atoms with Gasteiger partial charge in [0.05, 0.1) is 5.69 Å². The van der Waals surface area contributed by atoms with Gasteiger partial charge in [-0.15, -0.1) is 0 Å². The van der Waals surface area contributed by atoms with Gasteiger partial charge in [-0.25, -0.2) is 0 Å². The number of hydrogen-bond donors (Lipinski definition) is 0. The van der Waals surface area contributed by atoms with E-state index in [0.717, 1.165) is 17.0 Å². The van der Waals surface area contributed by atoms with E-state index < -0.39 is 0 Å². The molecule has 2 nitrogen and oxygen atoms in total. The number of nitrogens with zero attached hydrogens (tertiary/aromatic N) is 1. The van der Waals surface area contributed by atoms with E-state index in [9.17, 15) is 0 Å². The molecular weight excluding hydrogens is 294 g/mol. The van der Waals surface area contributed by atoms with Gasteiger partial charge >= 0.3 is 0 Å². The molecule has 2 heteroatoms. The van der Waals surface area contributed by atoms with Gasteiger partial charge in [0.25, 0.3) is 0 Å². The molecule has 1 aromatic heterocycles. The second-order valence-electron chi connectivity index (χ2n) is 6.08. The Morgan fingerprint density at radius 3 is 2.29 bits per heavy atom. The maximum atomic E-state index is 5.89. The summed E-state index contributed by atoms with van der Waals surface area (Å²) in [6.45, 7) is 5.06. The largest absolute Gasteiger partial charge is 0.489 e. The monoisotopic (exact) mass is 317 g/mol. The molecule has 122 valence electrons. The summed E-state index contributed by atoms with van der Waals surface area (Å²) in [7, 11) is 0. The Morgan fingerprint density at radius 1 is 0.917 bits per heavy atom. The first-order valence-corrected chi connectivity index (χ1v) is 8.49. The quantitative estimate of drug-likeness (QED) is 0.569. The third-order valence-electron chi connectivity index (χ3n) is 4.38. The van der Waals surface area contributed by atoms with Crippen molar-refractivity contribution in [2.24, 2.45) is 0 Å². The molecule has 3 aromatic rings. The molecule has 24 heavy (non-hydrogen) atoms. The van der Waals surface area contributed by atoms with Crippen LogP contribution in [0, 0.1) is 0 Å². The van der Waals surface area contributed by atoms with Crippen LogP contribution in [0.2, 0.25) is 0 Å². The molecule has 3 rings (SSSR count). The molecule has 0 amide bonds. The molecule has 0 aliphatic heterocycles. The lowest BCUT2D eigenvalue weighted by atomic mass is 9.98. The van der Waals surface area contributed by atoms with Crippen molar-refractivity contribution in [2.45, 2.75) is 32.8 Å². The zero-order valence-electron chi connectivity index (χ0n) is 14.3. The lowest BCUT2D eigenvalue weighted by molar-refractivity contribution is 0.306. The van der Waals surface area contributed by atoms with Gasteiger partial charge in [0.2, 0.25) is 0 Å². The molecule has 2 aromatic carbocycles. The molecule has 1 atom stereocenters. The van der Waals surface area contributed by atoms with E-state index in [1.807, 2.05) is 48.7 Å². The van der Waals surface area contributed by atoms with E-state index in [2.05, 4.69) is 43.1 Å². The lowest BCUT2D eigenvalue weighted by Gasteiger charge is -2.11. The highest BCUT2D eigenvalue weighted by atomic mass is 16.5. The Hall–Kier alpha value is -2.61. The SMILES string of the molecule is CCC(C)c1ccc(COc2ccc(-c3ccccn3)cc2)cc1. The number of aromatic nitrogens is 1. The highest BCUT2D eigenvalue weighted by Gasteiger charge is 2.03. The van der Waals surface area contributed by atoms with E-state index in [1.165, 1.54) is 17.5 Å². The number of hydrogen-bond acceptors (Lipinski definition) is 2. The van der Waals surface area contributed by atoms with Gasteiger partial charge in [-0.1, -0.05) is 44.2 Å². The zero-order chi connectivity index (χ0) is 16.8. The average molecular weight is 317 g/mol. The average Bonchev–Trinajstić information content (AvgIpc) is 2.67. The molecule has 1 unspecified atom stereocenters. The Kier molecular flexibility index (Phi) is 5.27. The highest BCUT2D eigenvalue weighted by molar-refractivity contribution is 5.59. The number of rotatable bonds is 6. The Morgan fingerprint density at radius 2 is 1.67 bits per heavy atom. The Labute approximate surface area is 144 Å². The van der Waals surface area contributed by atoms with Crippen LogP contribution in [0.3, 0.4) is 0 Å². The van der Waals surface area contributed by atoms with E-state index in [1.54, 1.807) is 0 Å². The van der Waals surface area contributed by atoms with Crippen molar-refractivity contribution in [1.82, 2.24) is 4.98 Å². The van der Waals surface area contributed by atoms with E-state index in [4.69, 9.17) is 4.74 Å². The van der Waals surface area contributed by atoms with Crippen molar-refractivity contribution in [3.8, 4) is 17.0 Å². The summed E-state index contributed by atoms with van der Waals surface area (Å²) in [6, 6.07) is 22.7. The molecule has 0 saturated heterocycles. The van der Waals surface area contributed by atoms with Gasteiger partial charge in [-0.3, -0.25) is 4.98 Å². The second-order valence-corrected chi connectivity index (χ2v) is 6.08. The first kappa shape index (κ1) is 16.3. The molecule has 0 N–H and O–H groups in total. The summed E-state index contributed by atoms with van der Waals surface area (Å²) in [5.41, 5.74) is 4.65. The third-order valence-corrected chi connectivity index (χ3v) is 4.38. The van der Waals surface area contributed by atoms with Crippen LogP contribution in [0.1, 0.15) is 37.3 Å². The highest BCUT2D eigenvalue weighted by Crippen LogP contribution is 2.22. The molecule has 0 fully saturated rings. The molecule has 0 aliphatic carbocycles. The van der Waals surface area contributed by atoms with Gasteiger partial charge < -0.3 is 4.74 Å². The fraction of sp³-hybridized carbons (Fsp3) is 0.227. The van der Waals surface area contributed by atoms with Gasteiger partial charge in [0, 0.05) is 11.8 Å². The maximum Gasteiger partial charge on any atom is 0.119 e. The molecule has 0 radical (unpaired) electrons. The number of ether oxygens (including phenoxy) is 1. The second kappa shape index (κ2) is 7.78. The fourth-order valence-corrected chi connectivity index (χ4v) is 2.60. The Balaban J connectivity index is 1.61. The predicted molar refractivity (Wildman–Crippen MR) is 99.2 cm³/mol. The molecular formula is C22H23NO. The zero-order valence-corrected chi connectivity index (χ0v) is 14.3. The van der Waals surface area contributed by atoms with E-state index in [-0.39, 0.29) is 0 Å². The Bertz CT molecular complexity index is 748. The molecule has 0 bridgehead atoms. The summed E-state index contributed by atoms with van der Waals surface area (Å²) < 4.78 is 5.89. The van der Waals surface area contributed by atoms with E-state index in [0.29, 0.717) is 12.5 Å². The third kappa shape index (κ3) is 4.02. The van der Waals surface area contributed by atoms with Crippen LogP contribution in [-0.2, 0) is 6.61 Å². The van der Waals surface area contributed by atoms with Gasteiger partial charge in [-0.05, 0) is 59.9 Å². The molecule has 0 aliphatic rings. The van der Waals surface area contributed by atoms with Crippen LogP contribution in [0.5, 0.6) is 5.75 Å². The van der Waals surface area contributed by atoms with Crippen molar-refractivity contribution in [3.63, 3.8) is 0 Å². The normalized spacial score (nSPS) is 11.9. The minimum atomic E-state index is 0.587. The summed E-state index contributed by atoms with van der Waals surface area (Å²) in [4.78, 5) is 4.36. The minimum absolute atomic E-state index is 0.587. The summed E-state index contributed by atoms with van der Waals surface area (Å²) in [6.07, 6.45) is 2.97. The van der Waals surface area contributed by atoms with Crippen LogP contribution >= 0.6 is 0 Å². The van der Waals surface area contributed by atoms with Gasteiger partial charge in [0.1, 0.15) is 12.4 Å². The van der Waals surface area contributed by atoms with Gasteiger partial charge in [0.15, 0.2) is 0 Å². The van der Waals surface area contributed by atoms with E-state index >= 15 is 0 Å². The van der Waals surface area contributed by atoms with Crippen LogP contribution in [0.25, 0.3) is 11.3 Å². The lowest BCUT2D eigenvalue weighted by Crippen LogP contribution is -1.97. The molecule has 1 heterocycles. The standard InChI is InChI=1S/C22H23NO/c1-3-17(2)19-9-7-18(8-10-19)16-24-21-13-11-20(12-14-21)22-6-4-5-15-23-22/h4-15,17H,3,16H2,1-2H3. The topological polar surface area (TPSA) is 22.1 Å². The number of benzene rings is 2. The van der Waals surface area contributed by atoms with Crippen molar-refractivity contribution < 1.29 is 4.74 Å². The number of pyridine rings is 1. The summed E-state index contributed by atoms with van der Waals surface area (Å²) in [5.74, 6) is 1.49. The maximum absolute atomic E-state index is 5.89. The fourth-order valence-electron chi connectivity index (χ4n) is 2.60. The smallest absolute Gasteiger partial charge is 0.119 e. The molecule has 0 spiro atoms. The van der Waals surface area contributed by atoms with Gasteiger partial charge in [-0.2, -0.15) is 0 Å². The van der Waals surface area contributed by atoms with Crippen LogP contribution in [0.15, 0.2) is 72.9 Å². The summed E-state index contributed by atoms with van der Waals surface area (Å²) >= 11 is 0. The van der Waals surface area contributed by atoms with Crippen molar-refractivity contribution >= 4 is 0 Å². The summed E-state index contributed by atoms with van der Waals surface area (Å²) in [5, 5.41) is 0. The van der Waals surface area contributed by atoms with Crippen molar-refractivity contribution in [1.29, 1.82) is 0 Å². The predicted octanol–water partition coefficient (Wildman–Crippen LogP) is 5.84. The van der Waals surface area contributed by atoms with Crippen LogP contribution in [-0.4, -0.2) is 4.98 Å². The van der Waals surface area contributed by atoms with Crippen molar-refractivity contribution in [2.75, 3.05) is 0 Å². The van der Waals surface area contributed by atoms with Crippen molar-refractivity contribution in [3.05, 3.63) is 84.1 Å². The van der Waals surface area contributed by atoms with Crippen LogP contribution < -0.4 is 4.74 Å². The van der Waals surface area contributed by atoms with Crippen LogP contribution in [0.4, 0.5) is 0 Å².